The number of amides is 2. The van der Waals surface area contributed by atoms with Gasteiger partial charge in [-0.15, -0.1) is 0 Å². The molecule has 0 bridgehead atoms. The van der Waals surface area contributed by atoms with Gasteiger partial charge in [-0.25, -0.2) is 14.0 Å². The van der Waals surface area contributed by atoms with Gasteiger partial charge >= 0.3 is 12.0 Å². The first-order valence-corrected chi connectivity index (χ1v) is 13.3. The van der Waals surface area contributed by atoms with E-state index >= 15 is 0 Å². The summed E-state index contributed by atoms with van der Waals surface area (Å²) in [5.41, 5.74) is 2.27. The van der Waals surface area contributed by atoms with Gasteiger partial charge in [0.15, 0.2) is 0 Å². The molecule has 0 aliphatic carbocycles. The lowest BCUT2D eigenvalue weighted by Gasteiger charge is -2.36. The first-order valence-electron chi connectivity index (χ1n) is 13.3. The van der Waals surface area contributed by atoms with Gasteiger partial charge in [0.25, 0.3) is 0 Å². The van der Waals surface area contributed by atoms with Crippen LogP contribution in [0.5, 0.6) is 0 Å². The maximum atomic E-state index is 13.1. The van der Waals surface area contributed by atoms with Crippen LogP contribution in [0.15, 0.2) is 48.5 Å². The number of carbonyl (C=O) groups excluding carboxylic acids is 2. The molecule has 2 aliphatic heterocycles. The molecule has 4 rings (SSSR count). The smallest absolute Gasteiger partial charge is 0.338 e. The molecule has 2 aromatic rings. The highest BCUT2D eigenvalue weighted by molar-refractivity contribution is 5.94. The van der Waals surface area contributed by atoms with E-state index in [-0.39, 0.29) is 17.8 Å². The summed E-state index contributed by atoms with van der Waals surface area (Å²) in [7, 11) is 0. The number of nitrogens with one attached hydrogen (secondary N) is 1. The van der Waals surface area contributed by atoms with Crippen molar-refractivity contribution >= 4 is 17.7 Å². The monoisotopic (exact) mass is 495 g/mol. The zero-order chi connectivity index (χ0) is 25.3. The Kier molecular flexibility index (Phi) is 9.34. The highest BCUT2D eigenvalue weighted by Crippen LogP contribution is 2.25. The van der Waals surface area contributed by atoms with Gasteiger partial charge in [-0.1, -0.05) is 18.2 Å². The number of benzene rings is 2. The summed E-state index contributed by atoms with van der Waals surface area (Å²) < 4.78 is 18.2. The number of carbonyl (C=O) groups is 2. The standard InChI is InChI=1S/C29H38FN3O3/c1-2-36-28(34)25-6-3-7-27(20-25)31-29(35)33-15-4-5-24(21-33)14-18-32-16-12-23(13-17-32)19-22-8-10-26(30)11-9-22/h3,6-11,20,23-24H,2,4-5,12-19,21H2,1H3,(H,31,35). The summed E-state index contributed by atoms with van der Waals surface area (Å²) in [6, 6.07) is 13.7. The molecule has 2 aliphatic rings. The van der Waals surface area contributed by atoms with Gasteiger partial charge in [0.2, 0.25) is 0 Å². The Bertz CT molecular complexity index is 1010. The molecule has 1 unspecified atom stereocenters. The fourth-order valence-electron chi connectivity index (χ4n) is 5.36. The largest absolute Gasteiger partial charge is 0.462 e. The zero-order valence-electron chi connectivity index (χ0n) is 21.3. The Labute approximate surface area is 213 Å². The molecule has 2 amide bonds. The number of ether oxygens (including phenoxy) is 1. The van der Waals surface area contributed by atoms with Crippen molar-refractivity contribution in [1.82, 2.24) is 9.80 Å². The molecule has 0 radical (unpaired) electrons. The van der Waals surface area contributed by atoms with E-state index in [2.05, 4.69) is 10.2 Å². The number of esters is 1. The van der Waals surface area contributed by atoms with Crippen molar-refractivity contribution < 1.29 is 18.7 Å². The summed E-state index contributed by atoms with van der Waals surface area (Å²) in [6.07, 6.45) is 6.67. The van der Waals surface area contributed by atoms with Gasteiger partial charge in [0.1, 0.15) is 5.82 Å². The third kappa shape index (κ3) is 7.53. The summed E-state index contributed by atoms with van der Waals surface area (Å²) in [6.45, 7) is 6.91. The summed E-state index contributed by atoms with van der Waals surface area (Å²) in [5, 5.41) is 2.95. The minimum Gasteiger partial charge on any atom is -0.462 e. The van der Waals surface area contributed by atoms with E-state index in [0.717, 1.165) is 58.4 Å². The Balaban J connectivity index is 1.19. The first-order chi connectivity index (χ1) is 17.5. The molecular formula is C29H38FN3O3. The predicted molar refractivity (Wildman–Crippen MR) is 140 cm³/mol. The number of nitrogens with zero attached hydrogens (tertiary/aromatic N) is 2. The van der Waals surface area contributed by atoms with Crippen LogP contribution in [0.25, 0.3) is 0 Å². The number of likely N-dealkylation sites (tertiary alicyclic amines) is 2. The van der Waals surface area contributed by atoms with E-state index in [1.54, 1.807) is 43.3 Å². The van der Waals surface area contributed by atoms with Gasteiger partial charge in [-0.2, -0.15) is 0 Å². The molecule has 1 N–H and O–H groups in total. The van der Waals surface area contributed by atoms with Gasteiger partial charge in [-0.05, 0) is 113 Å². The highest BCUT2D eigenvalue weighted by Gasteiger charge is 2.25. The number of halogens is 1. The second kappa shape index (κ2) is 12.9. The van der Waals surface area contributed by atoms with Crippen molar-refractivity contribution in [2.24, 2.45) is 11.8 Å². The van der Waals surface area contributed by atoms with Crippen LogP contribution in [0.4, 0.5) is 14.9 Å². The third-order valence-electron chi connectivity index (χ3n) is 7.43. The zero-order valence-corrected chi connectivity index (χ0v) is 21.3. The second-order valence-electron chi connectivity index (χ2n) is 10.1. The molecule has 1 atom stereocenters. The number of rotatable bonds is 8. The third-order valence-corrected chi connectivity index (χ3v) is 7.43. The summed E-state index contributed by atoms with van der Waals surface area (Å²) >= 11 is 0. The molecule has 7 heteroatoms. The van der Waals surface area contributed by atoms with Crippen molar-refractivity contribution in [3.8, 4) is 0 Å². The molecule has 36 heavy (non-hydrogen) atoms. The molecular weight excluding hydrogens is 457 g/mol. The van der Waals surface area contributed by atoms with Gasteiger partial charge < -0.3 is 19.9 Å². The first kappa shape index (κ1) is 26.1. The molecule has 2 heterocycles. The van der Waals surface area contributed by atoms with E-state index in [0.29, 0.717) is 29.7 Å². The Hall–Kier alpha value is -2.93. The second-order valence-corrected chi connectivity index (χ2v) is 10.1. The van der Waals surface area contributed by atoms with Crippen LogP contribution in [-0.2, 0) is 11.2 Å². The lowest BCUT2D eigenvalue weighted by atomic mass is 9.89. The number of hydrogen-bond donors (Lipinski definition) is 1. The van der Waals surface area contributed by atoms with Crippen molar-refractivity contribution in [3.63, 3.8) is 0 Å². The summed E-state index contributed by atoms with van der Waals surface area (Å²) in [4.78, 5) is 29.3. The summed E-state index contributed by atoms with van der Waals surface area (Å²) in [5.74, 6) is 0.622. The number of hydrogen-bond acceptors (Lipinski definition) is 4. The molecule has 6 nitrogen and oxygen atoms in total. The quantitative estimate of drug-likeness (QED) is 0.485. The van der Waals surface area contributed by atoms with E-state index < -0.39 is 0 Å². The lowest BCUT2D eigenvalue weighted by molar-refractivity contribution is 0.0526. The average molecular weight is 496 g/mol. The predicted octanol–water partition coefficient (Wildman–Crippen LogP) is 5.59. The molecule has 2 aromatic carbocycles. The van der Waals surface area contributed by atoms with E-state index in [4.69, 9.17) is 4.74 Å². The Morgan fingerprint density at radius 2 is 1.81 bits per heavy atom. The van der Waals surface area contributed by atoms with Crippen LogP contribution in [-0.4, -0.2) is 61.1 Å². The van der Waals surface area contributed by atoms with E-state index in [9.17, 15) is 14.0 Å². The number of anilines is 1. The normalized spacial score (nSPS) is 19.2. The fourth-order valence-corrected chi connectivity index (χ4v) is 5.36. The van der Waals surface area contributed by atoms with Crippen LogP contribution >= 0.6 is 0 Å². The topological polar surface area (TPSA) is 61.9 Å². The Morgan fingerprint density at radius 1 is 1.03 bits per heavy atom. The number of urea groups is 1. The van der Waals surface area contributed by atoms with Crippen LogP contribution in [0, 0.1) is 17.7 Å². The van der Waals surface area contributed by atoms with Crippen LogP contribution in [0.2, 0.25) is 0 Å². The SMILES string of the molecule is CCOC(=O)c1cccc(NC(=O)N2CCCC(CCN3CCC(Cc4ccc(F)cc4)CC3)C2)c1. The molecule has 0 aromatic heterocycles. The lowest BCUT2D eigenvalue weighted by Crippen LogP contribution is -2.43. The van der Waals surface area contributed by atoms with E-state index in [1.165, 1.54) is 18.4 Å². The maximum absolute atomic E-state index is 13.1. The van der Waals surface area contributed by atoms with Crippen molar-refractivity contribution in [3.05, 3.63) is 65.5 Å². The van der Waals surface area contributed by atoms with Crippen LogP contribution in [0.1, 0.15) is 54.9 Å². The fraction of sp³-hybridized carbons (Fsp3) is 0.517. The van der Waals surface area contributed by atoms with Crippen molar-refractivity contribution in [1.29, 1.82) is 0 Å². The molecule has 0 spiro atoms. The molecule has 2 saturated heterocycles. The minimum absolute atomic E-state index is 0.109. The maximum Gasteiger partial charge on any atom is 0.338 e. The highest BCUT2D eigenvalue weighted by atomic mass is 19.1. The minimum atomic E-state index is -0.383. The van der Waals surface area contributed by atoms with Gasteiger partial charge in [0.05, 0.1) is 12.2 Å². The van der Waals surface area contributed by atoms with Crippen LogP contribution < -0.4 is 5.32 Å². The molecule has 0 saturated carbocycles. The molecule has 2 fully saturated rings. The van der Waals surface area contributed by atoms with E-state index in [1.807, 2.05) is 17.0 Å². The van der Waals surface area contributed by atoms with Crippen molar-refractivity contribution in [2.45, 2.75) is 45.4 Å². The van der Waals surface area contributed by atoms with Crippen LogP contribution in [0.3, 0.4) is 0 Å². The Morgan fingerprint density at radius 3 is 2.56 bits per heavy atom. The van der Waals surface area contributed by atoms with Crippen molar-refractivity contribution in [2.75, 3.05) is 44.6 Å². The van der Waals surface area contributed by atoms with Gasteiger partial charge in [-0.3, -0.25) is 0 Å². The molecule has 194 valence electrons. The number of piperidine rings is 2. The van der Waals surface area contributed by atoms with Gasteiger partial charge in [0, 0.05) is 18.8 Å². The average Bonchev–Trinajstić information content (AvgIpc) is 2.90.